The second-order valence-corrected chi connectivity index (χ2v) is 7.23. The number of thioether (sulfide) groups is 1. The molecule has 0 fully saturated rings. The molecule has 2 aromatic rings. The van der Waals surface area contributed by atoms with Gasteiger partial charge in [-0.25, -0.2) is 0 Å². The fourth-order valence-electron chi connectivity index (χ4n) is 1.69. The maximum Gasteiger partial charge on any atom is 0.230 e. The number of benzene rings is 1. The number of aliphatic hydroxyl groups excluding tert-OH is 1. The van der Waals surface area contributed by atoms with Crippen LogP contribution in [-0.2, 0) is 4.79 Å². The lowest BCUT2D eigenvalue weighted by molar-refractivity contribution is -0.119. The molecule has 9 heteroatoms. The molecule has 1 atom stereocenters. The quantitative estimate of drug-likeness (QED) is 0.647. The molecule has 130 valence electrons. The van der Waals surface area contributed by atoms with E-state index in [0.717, 1.165) is 9.35 Å². The summed E-state index contributed by atoms with van der Waals surface area (Å²) in [5, 5.41) is 21.2. The smallest absolute Gasteiger partial charge is 0.230 e. The van der Waals surface area contributed by atoms with Gasteiger partial charge in [0.25, 0.3) is 0 Å². The lowest BCUT2D eigenvalue weighted by Gasteiger charge is -2.13. The fourth-order valence-corrected chi connectivity index (χ4v) is 3.33. The summed E-state index contributed by atoms with van der Waals surface area (Å²) in [4.78, 5) is 11.7. The molecule has 1 unspecified atom stereocenters. The second-order valence-electron chi connectivity index (χ2n) is 4.82. The summed E-state index contributed by atoms with van der Waals surface area (Å²) < 4.78 is 11.3. The van der Waals surface area contributed by atoms with Crippen molar-refractivity contribution in [3.05, 3.63) is 29.3 Å². The number of aryl methyl sites for hydroxylation is 1. The second kappa shape index (κ2) is 9.45. The van der Waals surface area contributed by atoms with Gasteiger partial charge >= 0.3 is 0 Å². The lowest BCUT2D eigenvalue weighted by atomic mass is 10.3. The summed E-state index contributed by atoms with van der Waals surface area (Å²) in [6, 6.07) is 7.11. The van der Waals surface area contributed by atoms with Gasteiger partial charge in [-0.05, 0) is 19.1 Å². The van der Waals surface area contributed by atoms with Gasteiger partial charge < -0.3 is 19.9 Å². The van der Waals surface area contributed by atoms with Gasteiger partial charge in [-0.1, -0.05) is 29.2 Å². The Morgan fingerprint density at radius 2 is 2.21 bits per heavy atom. The van der Waals surface area contributed by atoms with Crippen LogP contribution in [0.25, 0.3) is 0 Å². The van der Waals surface area contributed by atoms with Crippen molar-refractivity contribution >= 4 is 29.0 Å². The zero-order valence-corrected chi connectivity index (χ0v) is 15.0. The number of nitrogens with zero attached hydrogens (tertiary/aromatic N) is 2. The molecule has 1 heterocycles. The van der Waals surface area contributed by atoms with Gasteiger partial charge in [-0.2, -0.15) is 0 Å². The molecule has 2 rings (SSSR count). The zero-order chi connectivity index (χ0) is 17.4. The number of nitrogens with one attached hydrogen (secondary N) is 1. The average Bonchev–Trinajstić information content (AvgIpc) is 3.02. The molecule has 0 saturated carbocycles. The molecule has 0 aliphatic heterocycles. The van der Waals surface area contributed by atoms with Crippen molar-refractivity contribution in [3.63, 3.8) is 0 Å². The van der Waals surface area contributed by atoms with E-state index >= 15 is 0 Å². The highest BCUT2D eigenvalue weighted by molar-refractivity contribution is 8.01. The van der Waals surface area contributed by atoms with Crippen molar-refractivity contribution < 1.29 is 19.4 Å². The van der Waals surface area contributed by atoms with Crippen molar-refractivity contribution in [2.45, 2.75) is 17.4 Å². The van der Waals surface area contributed by atoms with Gasteiger partial charge in [0.2, 0.25) is 5.91 Å². The highest BCUT2D eigenvalue weighted by atomic mass is 32.2. The molecular weight excluding hydrogens is 350 g/mol. The normalized spacial score (nSPS) is 11.8. The highest BCUT2D eigenvalue weighted by Crippen LogP contribution is 2.21. The molecule has 1 aromatic carbocycles. The fraction of sp³-hybridized carbons (Fsp3) is 0.400. The number of aliphatic hydroxyl groups is 1. The van der Waals surface area contributed by atoms with Gasteiger partial charge in [-0.15, -0.1) is 10.2 Å². The predicted octanol–water partition coefficient (Wildman–Crippen LogP) is 1.50. The molecule has 2 N–H and O–H groups in total. The number of ether oxygens (including phenoxy) is 2. The summed E-state index contributed by atoms with van der Waals surface area (Å²) in [6.45, 7) is 2.06. The Kier molecular flexibility index (Phi) is 7.29. The van der Waals surface area contributed by atoms with Gasteiger partial charge in [-0.3, -0.25) is 4.79 Å². The Hall–Kier alpha value is -1.84. The molecule has 0 aliphatic rings. The van der Waals surface area contributed by atoms with E-state index in [-0.39, 0.29) is 24.8 Å². The third-order valence-electron chi connectivity index (χ3n) is 2.85. The van der Waals surface area contributed by atoms with E-state index in [4.69, 9.17) is 9.47 Å². The maximum atomic E-state index is 11.7. The van der Waals surface area contributed by atoms with Crippen molar-refractivity contribution in [1.82, 2.24) is 15.5 Å². The maximum absolute atomic E-state index is 11.7. The Labute approximate surface area is 148 Å². The molecule has 1 amide bonds. The van der Waals surface area contributed by atoms with Gasteiger partial charge in [0.05, 0.1) is 12.9 Å². The molecule has 0 bridgehead atoms. The number of carbonyl (C=O) groups excluding carboxylic acids is 1. The molecule has 0 aliphatic carbocycles. The number of carbonyl (C=O) groups is 1. The van der Waals surface area contributed by atoms with Crippen LogP contribution in [0.5, 0.6) is 11.5 Å². The Morgan fingerprint density at radius 1 is 1.42 bits per heavy atom. The van der Waals surface area contributed by atoms with E-state index in [9.17, 15) is 9.90 Å². The van der Waals surface area contributed by atoms with Crippen LogP contribution in [0.3, 0.4) is 0 Å². The summed E-state index contributed by atoms with van der Waals surface area (Å²) in [7, 11) is 1.57. The van der Waals surface area contributed by atoms with Crippen molar-refractivity contribution in [1.29, 1.82) is 0 Å². The lowest BCUT2D eigenvalue weighted by Crippen LogP contribution is -2.36. The number of aromatic nitrogens is 2. The Bertz CT molecular complexity index is 666. The average molecular weight is 369 g/mol. The van der Waals surface area contributed by atoms with Crippen molar-refractivity contribution in [3.8, 4) is 11.5 Å². The number of hydrogen-bond acceptors (Lipinski definition) is 8. The van der Waals surface area contributed by atoms with E-state index in [2.05, 4.69) is 15.5 Å². The monoisotopic (exact) mass is 369 g/mol. The molecule has 7 nitrogen and oxygen atoms in total. The summed E-state index contributed by atoms with van der Waals surface area (Å²) >= 11 is 2.77. The standard InChI is InChI=1S/C15H19N3O4S2/c1-10-17-18-15(24-10)23-9-14(20)16-7-11(19)8-22-13-5-3-4-12(6-13)21-2/h3-6,11,19H,7-9H2,1-2H3,(H,16,20). The van der Waals surface area contributed by atoms with Crippen molar-refractivity contribution in [2.24, 2.45) is 0 Å². The SMILES string of the molecule is COc1cccc(OCC(O)CNC(=O)CSc2nnc(C)s2)c1. The topological polar surface area (TPSA) is 93.6 Å². The Balaban J connectivity index is 1.64. The molecule has 1 aromatic heterocycles. The van der Waals surface area contributed by atoms with E-state index in [1.54, 1.807) is 31.4 Å². The van der Waals surface area contributed by atoms with Crippen LogP contribution in [0.2, 0.25) is 0 Å². The molecule has 24 heavy (non-hydrogen) atoms. The first-order chi connectivity index (χ1) is 11.6. The van der Waals surface area contributed by atoms with Crippen molar-refractivity contribution in [2.75, 3.05) is 26.0 Å². The van der Waals surface area contributed by atoms with Gasteiger partial charge in [0, 0.05) is 12.6 Å². The van der Waals surface area contributed by atoms with Gasteiger partial charge in [0.15, 0.2) is 4.34 Å². The molecule has 0 radical (unpaired) electrons. The minimum atomic E-state index is -0.797. The third-order valence-corrected chi connectivity index (χ3v) is 4.82. The van der Waals surface area contributed by atoms with Crippen LogP contribution in [0.4, 0.5) is 0 Å². The van der Waals surface area contributed by atoms with Gasteiger partial charge in [0.1, 0.15) is 29.2 Å². The molecule has 0 saturated heterocycles. The van der Waals surface area contributed by atoms with Crippen LogP contribution >= 0.6 is 23.1 Å². The van der Waals surface area contributed by atoms with E-state index in [0.29, 0.717) is 11.5 Å². The number of rotatable bonds is 9. The first-order valence-electron chi connectivity index (χ1n) is 7.21. The van der Waals surface area contributed by atoms with Crippen LogP contribution in [0, 0.1) is 6.92 Å². The van der Waals surface area contributed by atoms with Crippen LogP contribution < -0.4 is 14.8 Å². The number of hydrogen-bond donors (Lipinski definition) is 2. The summed E-state index contributed by atoms with van der Waals surface area (Å²) in [5.41, 5.74) is 0. The summed E-state index contributed by atoms with van der Waals surface area (Å²) in [6.07, 6.45) is -0.797. The number of methoxy groups -OCH3 is 1. The first-order valence-corrected chi connectivity index (χ1v) is 9.01. The van der Waals surface area contributed by atoms with Crippen LogP contribution in [0.15, 0.2) is 28.6 Å². The van der Waals surface area contributed by atoms with Crippen LogP contribution in [-0.4, -0.2) is 53.3 Å². The predicted molar refractivity (Wildman–Crippen MR) is 92.9 cm³/mol. The minimum Gasteiger partial charge on any atom is -0.497 e. The third kappa shape index (κ3) is 6.34. The highest BCUT2D eigenvalue weighted by Gasteiger charge is 2.10. The minimum absolute atomic E-state index is 0.0795. The summed E-state index contributed by atoms with van der Waals surface area (Å²) in [5.74, 6) is 1.34. The van der Waals surface area contributed by atoms with E-state index < -0.39 is 6.10 Å². The van der Waals surface area contributed by atoms with E-state index in [1.165, 1.54) is 23.1 Å². The largest absolute Gasteiger partial charge is 0.497 e. The molecular formula is C15H19N3O4S2. The zero-order valence-electron chi connectivity index (χ0n) is 13.4. The van der Waals surface area contributed by atoms with E-state index in [1.807, 2.05) is 6.92 Å². The van der Waals surface area contributed by atoms with Crippen LogP contribution in [0.1, 0.15) is 5.01 Å². The molecule has 0 spiro atoms. The Morgan fingerprint density at radius 3 is 2.92 bits per heavy atom. The number of amides is 1. The first kappa shape index (κ1) is 18.5.